The number of hydrogen-bond acceptors (Lipinski definition) is 3. The Morgan fingerprint density at radius 1 is 1.62 bits per heavy atom. The van der Waals surface area contributed by atoms with Crippen molar-refractivity contribution in [3.05, 3.63) is 24.0 Å². The molecule has 4 nitrogen and oxygen atoms in total. The minimum absolute atomic E-state index is 0.140. The summed E-state index contributed by atoms with van der Waals surface area (Å²) in [7, 11) is 0. The van der Waals surface area contributed by atoms with Crippen molar-refractivity contribution in [2.75, 3.05) is 18.1 Å². The number of ether oxygens (including phenoxy) is 1. The molecule has 1 aromatic rings. The highest BCUT2D eigenvalue weighted by Gasteiger charge is 2.24. The third-order valence-electron chi connectivity index (χ3n) is 2.16. The fraction of sp³-hybridized carbons (Fsp3) is 0.200. The fourth-order valence-electron chi connectivity index (χ4n) is 1.48. The van der Waals surface area contributed by atoms with Crippen LogP contribution >= 0.6 is 12.2 Å². The normalized spacial score (nSPS) is 14.3. The van der Waals surface area contributed by atoms with Crippen LogP contribution in [0.25, 0.3) is 0 Å². The second-order valence-electron chi connectivity index (χ2n) is 3.27. The van der Waals surface area contributed by atoms with E-state index in [2.05, 4.69) is 0 Å². The average molecular weight is 241 g/mol. The molecule has 0 saturated carbocycles. The highest BCUT2D eigenvalue weighted by Crippen LogP contribution is 2.32. The monoisotopic (exact) mass is 241 g/mol. The smallest absolute Gasteiger partial charge is 0.323 e. The lowest BCUT2D eigenvalue weighted by molar-refractivity contribution is -0.135. The molecule has 84 valence electrons. The molecular weight excluding hydrogens is 233 g/mol. The zero-order valence-electron chi connectivity index (χ0n) is 8.14. The Kier molecular flexibility index (Phi) is 2.74. The first-order chi connectivity index (χ1) is 7.58. The number of hydrogen-bond donors (Lipinski definition) is 1. The van der Waals surface area contributed by atoms with Crippen molar-refractivity contribution in [2.24, 2.45) is 0 Å². The van der Waals surface area contributed by atoms with Gasteiger partial charge in [-0.15, -0.1) is 0 Å². The molecule has 0 fully saturated rings. The maximum atomic E-state index is 13.1. The zero-order valence-corrected chi connectivity index (χ0v) is 8.96. The summed E-state index contributed by atoms with van der Waals surface area (Å²) in [5, 5.41) is 8.74. The molecule has 0 aliphatic carbocycles. The van der Waals surface area contributed by atoms with Gasteiger partial charge < -0.3 is 14.7 Å². The van der Waals surface area contributed by atoms with Crippen molar-refractivity contribution in [2.45, 2.75) is 0 Å². The van der Waals surface area contributed by atoms with Crippen LogP contribution in [-0.4, -0.2) is 29.2 Å². The number of fused-ring (bicyclic) bond motifs is 1. The number of carbonyl (C=O) groups is 1. The van der Waals surface area contributed by atoms with Crippen LogP contribution in [0.1, 0.15) is 0 Å². The van der Waals surface area contributed by atoms with Crippen LogP contribution in [0.4, 0.5) is 10.1 Å². The van der Waals surface area contributed by atoms with E-state index in [0.717, 1.165) is 0 Å². The molecule has 0 spiro atoms. The number of aliphatic carboxylic acids is 1. The van der Waals surface area contributed by atoms with Crippen molar-refractivity contribution < 1.29 is 19.0 Å². The molecule has 1 N–H and O–H groups in total. The largest absolute Gasteiger partial charge is 0.484 e. The lowest BCUT2D eigenvalue weighted by Crippen LogP contribution is -2.40. The van der Waals surface area contributed by atoms with E-state index >= 15 is 0 Å². The van der Waals surface area contributed by atoms with Gasteiger partial charge in [0.25, 0.3) is 0 Å². The van der Waals surface area contributed by atoms with E-state index in [1.54, 1.807) is 0 Å². The van der Waals surface area contributed by atoms with Crippen LogP contribution in [-0.2, 0) is 4.79 Å². The Balaban J connectivity index is 2.42. The van der Waals surface area contributed by atoms with E-state index in [1.165, 1.54) is 23.1 Å². The van der Waals surface area contributed by atoms with E-state index < -0.39 is 11.8 Å². The first-order valence-corrected chi connectivity index (χ1v) is 4.93. The van der Waals surface area contributed by atoms with Gasteiger partial charge in [0.2, 0.25) is 0 Å². The molecule has 0 amide bonds. The summed E-state index contributed by atoms with van der Waals surface area (Å²) in [5.41, 5.74) is 0.360. The van der Waals surface area contributed by atoms with Crippen LogP contribution in [0.2, 0.25) is 0 Å². The fourth-order valence-corrected chi connectivity index (χ4v) is 1.71. The number of halogens is 1. The number of carboxylic acids is 1. The van der Waals surface area contributed by atoms with Gasteiger partial charge in [0, 0.05) is 6.07 Å². The van der Waals surface area contributed by atoms with Crippen molar-refractivity contribution in [3.63, 3.8) is 0 Å². The third kappa shape index (κ3) is 1.96. The van der Waals surface area contributed by atoms with E-state index in [-0.39, 0.29) is 13.2 Å². The maximum absolute atomic E-state index is 13.1. The minimum atomic E-state index is -1.03. The van der Waals surface area contributed by atoms with E-state index in [0.29, 0.717) is 16.4 Å². The number of nitrogens with zero attached hydrogens (tertiary/aromatic N) is 1. The molecule has 0 saturated heterocycles. The van der Waals surface area contributed by atoms with Gasteiger partial charge in [-0.2, -0.15) is 0 Å². The van der Waals surface area contributed by atoms with Crippen LogP contribution in [0, 0.1) is 5.82 Å². The Labute approximate surface area is 96.2 Å². The molecule has 1 aliphatic heterocycles. The molecule has 0 atom stereocenters. The topological polar surface area (TPSA) is 49.8 Å². The highest BCUT2D eigenvalue weighted by atomic mass is 32.1. The Morgan fingerprint density at radius 3 is 3.06 bits per heavy atom. The number of benzene rings is 1. The second kappa shape index (κ2) is 4.05. The van der Waals surface area contributed by atoms with Gasteiger partial charge in [0.15, 0.2) is 0 Å². The molecule has 1 aromatic carbocycles. The molecule has 16 heavy (non-hydrogen) atoms. The third-order valence-corrected chi connectivity index (χ3v) is 2.50. The standard InChI is InChI=1S/C10H8FNO3S/c11-6-1-2-8-7(3-6)12(4-10(13)14)9(16)5-15-8/h1-3H,4-5H2,(H,13,14). The van der Waals surface area contributed by atoms with E-state index in [9.17, 15) is 9.18 Å². The van der Waals surface area contributed by atoms with Gasteiger partial charge in [-0.1, -0.05) is 12.2 Å². The van der Waals surface area contributed by atoms with Crippen LogP contribution in [0.15, 0.2) is 18.2 Å². The molecule has 6 heteroatoms. The van der Waals surface area contributed by atoms with Crippen molar-refractivity contribution in [1.82, 2.24) is 0 Å². The van der Waals surface area contributed by atoms with Crippen LogP contribution in [0.3, 0.4) is 0 Å². The van der Waals surface area contributed by atoms with Crippen molar-refractivity contribution >= 4 is 28.9 Å². The zero-order chi connectivity index (χ0) is 11.7. The van der Waals surface area contributed by atoms with Gasteiger partial charge in [-0.05, 0) is 12.1 Å². The number of rotatable bonds is 2. The van der Waals surface area contributed by atoms with Gasteiger partial charge in [-0.3, -0.25) is 4.79 Å². The van der Waals surface area contributed by atoms with Crippen LogP contribution in [0.5, 0.6) is 5.75 Å². The molecule has 0 aromatic heterocycles. The molecule has 2 rings (SSSR count). The summed E-state index contributed by atoms with van der Waals surface area (Å²) in [6, 6.07) is 3.93. The number of carboxylic acid groups (broad SMARTS) is 1. The number of anilines is 1. The molecule has 1 aliphatic rings. The summed E-state index contributed by atoms with van der Waals surface area (Å²) in [6.45, 7) is -0.153. The molecular formula is C10H8FNO3S. The Hall–Kier alpha value is -1.69. The van der Waals surface area contributed by atoms with Gasteiger partial charge in [-0.25, -0.2) is 4.39 Å². The van der Waals surface area contributed by atoms with Crippen molar-refractivity contribution in [3.8, 4) is 5.75 Å². The van der Waals surface area contributed by atoms with Gasteiger partial charge in [0.05, 0.1) is 5.69 Å². The van der Waals surface area contributed by atoms with Gasteiger partial charge >= 0.3 is 5.97 Å². The Bertz CT molecular complexity index is 463. The Morgan fingerprint density at radius 2 is 2.38 bits per heavy atom. The molecule has 0 unspecified atom stereocenters. The predicted octanol–water partition coefficient (Wildman–Crippen LogP) is 1.44. The molecule has 0 bridgehead atoms. The van der Waals surface area contributed by atoms with E-state index in [1.807, 2.05) is 0 Å². The van der Waals surface area contributed by atoms with Gasteiger partial charge in [0.1, 0.15) is 29.7 Å². The molecule has 0 radical (unpaired) electrons. The summed E-state index contributed by atoms with van der Waals surface area (Å²) in [6.07, 6.45) is 0. The summed E-state index contributed by atoms with van der Waals surface area (Å²) < 4.78 is 18.3. The first kappa shape index (κ1) is 10.8. The summed E-state index contributed by atoms with van der Waals surface area (Å²) >= 11 is 4.98. The average Bonchev–Trinajstić information content (AvgIpc) is 2.22. The SMILES string of the molecule is O=C(O)CN1C(=S)COc2ccc(F)cc21. The highest BCUT2D eigenvalue weighted by molar-refractivity contribution is 7.80. The first-order valence-electron chi connectivity index (χ1n) is 4.52. The van der Waals surface area contributed by atoms with E-state index in [4.69, 9.17) is 22.1 Å². The maximum Gasteiger partial charge on any atom is 0.323 e. The number of thiocarbonyl (C=S) groups is 1. The molecule has 1 heterocycles. The minimum Gasteiger partial charge on any atom is -0.484 e. The van der Waals surface area contributed by atoms with Crippen LogP contribution < -0.4 is 9.64 Å². The summed E-state index contributed by atoms with van der Waals surface area (Å²) in [4.78, 5) is 12.4. The lowest BCUT2D eigenvalue weighted by atomic mass is 10.2. The predicted molar refractivity (Wildman–Crippen MR) is 59.5 cm³/mol. The second-order valence-corrected chi connectivity index (χ2v) is 3.75. The summed E-state index contributed by atoms with van der Waals surface area (Å²) in [5.74, 6) is -1.04. The lowest BCUT2D eigenvalue weighted by Gasteiger charge is -2.30. The quantitative estimate of drug-likeness (QED) is 0.794. The van der Waals surface area contributed by atoms with Crippen molar-refractivity contribution in [1.29, 1.82) is 0 Å².